The summed E-state index contributed by atoms with van der Waals surface area (Å²) in [6.45, 7) is 2.06. The van der Waals surface area contributed by atoms with E-state index in [4.69, 9.17) is 9.15 Å². The summed E-state index contributed by atoms with van der Waals surface area (Å²) in [5, 5.41) is 1.01. The molecule has 4 heteroatoms. The van der Waals surface area contributed by atoms with E-state index < -0.39 is 6.04 Å². The SMILES string of the molecule is COC(=O)[C@H]1c2c(C)ccc3oc(-c4ccccc4)c(c23)[C@H]2c3ccccc3C=C(c3ccccc3)N21. The molecule has 5 aromatic rings. The van der Waals surface area contributed by atoms with Crippen LogP contribution in [-0.4, -0.2) is 18.0 Å². The lowest BCUT2D eigenvalue weighted by atomic mass is 9.78. The molecular weight excluding hydrogens is 458 g/mol. The minimum atomic E-state index is -0.618. The van der Waals surface area contributed by atoms with Gasteiger partial charge in [-0.3, -0.25) is 0 Å². The number of hydrogen-bond acceptors (Lipinski definition) is 4. The van der Waals surface area contributed by atoms with Gasteiger partial charge in [0.2, 0.25) is 0 Å². The molecule has 0 spiro atoms. The fraction of sp³-hybridized carbons (Fsp3) is 0.121. The molecule has 180 valence electrons. The molecule has 0 bridgehead atoms. The minimum Gasteiger partial charge on any atom is -0.467 e. The summed E-state index contributed by atoms with van der Waals surface area (Å²) in [6.07, 6.45) is 2.19. The third-order valence-corrected chi connectivity index (χ3v) is 7.65. The van der Waals surface area contributed by atoms with Crippen molar-refractivity contribution in [1.82, 2.24) is 4.90 Å². The van der Waals surface area contributed by atoms with Crippen molar-refractivity contribution >= 4 is 28.7 Å². The number of fused-ring (bicyclic) bond motifs is 4. The number of ether oxygens (including phenoxy) is 1. The van der Waals surface area contributed by atoms with E-state index in [1.54, 1.807) is 0 Å². The number of carbonyl (C=O) groups is 1. The van der Waals surface area contributed by atoms with Crippen molar-refractivity contribution in [2.75, 3.05) is 7.11 Å². The molecule has 0 N–H and O–H groups in total. The summed E-state index contributed by atoms with van der Waals surface area (Å²) in [5.41, 5.74) is 9.19. The van der Waals surface area contributed by atoms with E-state index >= 15 is 0 Å². The number of carbonyl (C=O) groups excluding carboxylic acids is 1. The van der Waals surface area contributed by atoms with E-state index in [1.165, 1.54) is 7.11 Å². The molecule has 2 aliphatic heterocycles. The first-order valence-electron chi connectivity index (χ1n) is 12.5. The topological polar surface area (TPSA) is 42.7 Å². The number of methoxy groups -OCH3 is 1. The van der Waals surface area contributed by atoms with Crippen LogP contribution >= 0.6 is 0 Å². The number of furan rings is 1. The Balaban J connectivity index is 1.64. The third-order valence-electron chi connectivity index (χ3n) is 7.65. The maximum Gasteiger partial charge on any atom is 0.333 e. The lowest BCUT2D eigenvalue weighted by Gasteiger charge is -2.46. The number of hydrogen-bond donors (Lipinski definition) is 0. The van der Waals surface area contributed by atoms with Crippen LogP contribution in [0.1, 0.15) is 45.5 Å². The van der Waals surface area contributed by atoms with Crippen molar-refractivity contribution in [2.24, 2.45) is 0 Å². The van der Waals surface area contributed by atoms with E-state index in [0.29, 0.717) is 0 Å². The molecule has 4 aromatic carbocycles. The van der Waals surface area contributed by atoms with Crippen molar-refractivity contribution < 1.29 is 13.9 Å². The second kappa shape index (κ2) is 8.24. The molecular formula is C33H25NO3. The Morgan fingerprint density at radius 2 is 1.49 bits per heavy atom. The Labute approximate surface area is 215 Å². The van der Waals surface area contributed by atoms with Gasteiger partial charge in [-0.1, -0.05) is 91.0 Å². The van der Waals surface area contributed by atoms with Crippen molar-refractivity contribution in [3.63, 3.8) is 0 Å². The summed E-state index contributed by atoms with van der Waals surface area (Å²) in [7, 11) is 1.47. The Bertz CT molecular complexity index is 1700. The van der Waals surface area contributed by atoms with E-state index in [9.17, 15) is 4.79 Å². The number of aryl methyl sites for hydroxylation is 1. The van der Waals surface area contributed by atoms with Crippen LogP contribution in [0.25, 0.3) is 34.1 Å². The van der Waals surface area contributed by atoms with Gasteiger partial charge in [0.1, 0.15) is 11.3 Å². The van der Waals surface area contributed by atoms with Crippen molar-refractivity contribution in [3.8, 4) is 11.3 Å². The quantitative estimate of drug-likeness (QED) is 0.249. The number of rotatable bonds is 3. The van der Waals surface area contributed by atoms with Gasteiger partial charge in [0.05, 0.1) is 13.2 Å². The molecule has 7 rings (SSSR count). The van der Waals surface area contributed by atoms with Gasteiger partial charge in [-0.05, 0) is 41.3 Å². The molecule has 1 aromatic heterocycles. The van der Waals surface area contributed by atoms with E-state index in [2.05, 4.69) is 66.4 Å². The zero-order valence-corrected chi connectivity index (χ0v) is 20.6. The van der Waals surface area contributed by atoms with Crippen LogP contribution in [0.3, 0.4) is 0 Å². The van der Waals surface area contributed by atoms with E-state index in [0.717, 1.165) is 61.4 Å². The fourth-order valence-electron chi connectivity index (χ4n) is 6.07. The van der Waals surface area contributed by atoms with E-state index in [-0.39, 0.29) is 12.0 Å². The maximum atomic E-state index is 13.7. The van der Waals surface area contributed by atoms with E-state index in [1.807, 2.05) is 48.5 Å². The lowest BCUT2D eigenvalue weighted by Crippen LogP contribution is -2.41. The molecule has 2 aliphatic rings. The molecule has 0 radical (unpaired) electrons. The van der Waals surface area contributed by atoms with Crippen LogP contribution in [-0.2, 0) is 9.53 Å². The second-order valence-electron chi connectivity index (χ2n) is 9.64. The molecule has 0 aliphatic carbocycles. The Morgan fingerprint density at radius 3 is 2.22 bits per heavy atom. The fourth-order valence-corrected chi connectivity index (χ4v) is 6.07. The number of esters is 1. The van der Waals surface area contributed by atoms with Crippen molar-refractivity contribution in [1.29, 1.82) is 0 Å². The van der Waals surface area contributed by atoms with Crippen LogP contribution in [0.2, 0.25) is 0 Å². The lowest BCUT2D eigenvalue weighted by molar-refractivity contribution is -0.146. The molecule has 0 saturated heterocycles. The van der Waals surface area contributed by atoms with Crippen LogP contribution in [0.15, 0.2) is 101 Å². The van der Waals surface area contributed by atoms with Gasteiger partial charge in [0, 0.05) is 27.8 Å². The summed E-state index contributed by atoms with van der Waals surface area (Å²) in [4.78, 5) is 15.9. The van der Waals surface area contributed by atoms with Gasteiger partial charge < -0.3 is 14.1 Å². The zero-order valence-electron chi connectivity index (χ0n) is 20.6. The van der Waals surface area contributed by atoms with Crippen molar-refractivity contribution in [2.45, 2.75) is 19.0 Å². The first-order chi connectivity index (χ1) is 18.2. The predicted octanol–water partition coefficient (Wildman–Crippen LogP) is 7.54. The van der Waals surface area contributed by atoms with Crippen molar-refractivity contribution in [3.05, 3.63) is 130 Å². The summed E-state index contributed by atoms with van der Waals surface area (Å²) < 4.78 is 12.1. The summed E-state index contributed by atoms with van der Waals surface area (Å²) >= 11 is 0. The third kappa shape index (κ3) is 3.12. The summed E-state index contributed by atoms with van der Waals surface area (Å²) in [5.74, 6) is 0.555. The monoisotopic (exact) mass is 483 g/mol. The second-order valence-corrected chi connectivity index (χ2v) is 9.64. The van der Waals surface area contributed by atoms with Gasteiger partial charge in [-0.25, -0.2) is 4.79 Å². The number of nitrogens with zero attached hydrogens (tertiary/aromatic N) is 1. The minimum absolute atomic E-state index is 0.230. The largest absolute Gasteiger partial charge is 0.467 e. The normalized spacial score (nSPS) is 17.7. The smallest absolute Gasteiger partial charge is 0.333 e. The molecule has 4 nitrogen and oxygen atoms in total. The Kier molecular flexibility index (Phi) is 4.83. The van der Waals surface area contributed by atoms with Gasteiger partial charge >= 0.3 is 5.97 Å². The highest BCUT2D eigenvalue weighted by Crippen LogP contribution is 2.57. The average molecular weight is 484 g/mol. The molecule has 0 saturated carbocycles. The standard InChI is InChI=1S/C33H25NO3/c1-20-17-18-26-28-27(20)31(33(35)36-2)34-25(21-11-5-3-6-12-21)19-23-15-9-10-16-24(23)30(34)29(28)32(37-26)22-13-7-4-8-14-22/h3-19,30-31H,1-2H3/t30-,31-/m1/s1. The summed E-state index contributed by atoms with van der Waals surface area (Å²) in [6, 6.07) is 32.2. The first kappa shape index (κ1) is 21.7. The van der Waals surface area contributed by atoms with Crippen LogP contribution in [0.4, 0.5) is 0 Å². The van der Waals surface area contributed by atoms with Crippen LogP contribution in [0.5, 0.6) is 0 Å². The molecule has 2 atom stereocenters. The van der Waals surface area contributed by atoms with Crippen LogP contribution < -0.4 is 0 Å². The van der Waals surface area contributed by atoms with Gasteiger partial charge in [-0.2, -0.15) is 0 Å². The highest BCUT2D eigenvalue weighted by atomic mass is 16.5. The molecule has 3 heterocycles. The molecule has 0 amide bonds. The maximum absolute atomic E-state index is 13.7. The van der Waals surface area contributed by atoms with Gasteiger partial charge in [0.25, 0.3) is 0 Å². The highest BCUT2D eigenvalue weighted by molar-refractivity contribution is 6.00. The van der Waals surface area contributed by atoms with Gasteiger partial charge in [0.15, 0.2) is 6.04 Å². The molecule has 0 fully saturated rings. The van der Waals surface area contributed by atoms with Gasteiger partial charge in [-0.15, -0.1) is 0 Å². The average Bonchev–Trinajstić information content (AvgIpc) is 3.35. The Morgan fingerprint density at radius 1 is 0.811 bits per heavy atom. The first-order valence-corrected chi connectivity index (χ1v) is 12.5. The predicted molar refractivity (Wildman–Crippen MR) is 146 cm³/mol. The zero-order chi connectivity index (χ0) is 25.1. The molecule has 0 unspecified atom stereocenters. The Hall–Kier alpha value is -4.57. The number of benzene rings is 4. The van der Waals surface area contributed by atoms with Crippen LogP contribution in [0, 0.1) is 6.92 Å². The molecule has 37 heavy (non-hydrogen) atoms. The highest BCUT2D eigenvalue weighted by Gasteiger charge is 2.47.